The minimum atomic E-state index is -0.167. The molecule has 94 valence electrons. The van der Waals surface area contributed by atoms with Gasteiger partial charge in [0, 0.05) is 0 Å². The summed E-state index contributed by atoms with van der Waals surface area (Å²) in [7, 11) is 1.45. The number of nitrogens with one attached hydrogen (secondary N) is 2. The third kappa shape index (κ3) is 4.10. The average Bonchev–Trinajstić information content (AvgIpc) is 2.30. The maximum absolute atomic E-state index is 11.5. The third-order valence-electron chi connectivity index (χ3n) is 3.21. The highest BCUT2D eigenvalue weighted by molar-refractivity contribution is 5.75. The molecular weight excluding hydrogens is 204 g/mol. The Balaban J connectivity index is 2.34. The van der Waals surface area contributed by atoms with Gasteiger partial charge in [0.15, 0.2) is 0 Å². The van der Waals surface area contributed by atoms with Crippen LogP contribution in [0.4, 0.5) is 0 Å². The molecule has 0 amide bonds. The standard InChI is InChI=1S/C12H24N2O2/c1-9(2)11(12(15)16-3)14-8-10-4-6-13-7-5-10/h9-11,13-14H,4-8H2,1-3H3/t11-/m0/s1. The molecule has 0 aromatic rings. The third-order valence-corrected chi connectivity index (χ3v) is 3.21. The van der Waals surface area contributed by atoms with Crippen LogP contribution in [0.1, 0.15) is 26.7 Å². The van der Waals surface area contributed by atoms with Crippen molar-refractivity contribution in [3.63, 3.8) is 0 Å². The largest absolute Gasteiger partial charge is 0.468 e. The van der Waals surface area contributed by atoms with Gasteiger partial charge in [0.25, 0.3) is 0 Å². The number of hydrogen-bond donors (Lipinski definition) is 2. The molecule has 1 aliphatic heterocycles. The Hall–Kier alpha value is -0.610. The second kappa shape index (κ2) is 6.86. The van der Waals surface area contributed by atoms with Crippen LogP contribution in [-0.2, 0) is 9.53 Å². The molecule has 0 aliphatic carbocycles. The zero-order valence-corrected chi connectivity index (χ0v) is 10.6. The van der Waals surface area contributed by atoms with E-state index in [2.05, 4.69) is 10.6 Å². The van der Waals surface area contributed by atoms with Gasteiger partial charge in [0.1, 0.15) is 6.04 Å². The number of hydrogen-bond acceptors (Lipinski definition) is 4. The summed E-state index contributed by atoms with van der Waals surface area (Å²) < 4.78 is 4.80. The Labute approximate surface area is 98.1 Å². The normalized spacial score (nSPS) is 19.8. The maximum Gasteiger partial charge on any atom is 0.323 e. The first-order valence-corrected chi connectivity index (χ1v) is 6.17. The SMILES string of the molecule is COC(=O)[C@@H](NCC1CCNCC1)C(C)C. The summed E-state index contributed by atoms with van der Waals surface area (Å²) in [6.07, 6.45) is 2.39. The molecular formula is C12H24N2O2. The van der Waals surface area contributed by atoms with E-state index in [0.717, 1.165) is 19.6 Å². The van der Waals surface area contributed by atoms with Crippen LogP contribution in [0.2, 0.25) is 0 Å². The van der Waals surface area contributed by atoms with Crippen LogP contribution in [0.15, 0.2) is 0 Å². The van der Waals surface area contributed by atoms with Crippen LogP contribution in [0.3, 0.4) is 0 Å². The highest BCUT2D eigenvalue weighted by atomic mass is 16.5. The van der Waals surface area contributed by atoms with Gasteiger partial charge in [-0.15, -0.1) is 0 Å². The zero-order valence-electron chi connectivity index (χ0n) is 10.6. The molecule has 0 bridgehead atoms. The zero-order chi connectivity index (χ0) is 12.0. The first-order chi connectivity index (χ1) is 7.65. The summed E-state index contributed by atoms with van der Waals surface area (Å²) in [6.45, 7) is 7.18. The Bertz CT molecular complexity index is 213. The Morgan fingerprint density at radius 1 is 1.44 bits per heavy atom. The van der Waals surface area contributed by atoms with Crippen molar-refractivity contribution in [2.45, 2.75) is 32.7 Å². The molecule has 1 fully saturated rings. The monoisotopic (exact) mass is 228 g/mol. The predicted molar refractivity (Wildman–Crippen MR) is 64.2 cm³/mol. The molecule has 0 spiro atoms. The molecule has 1 rings (SSSR count). The smallest absolute Gasteiger partial charge is 0.323 e. The quantitative estimate of drug-likeness (QED) is 0.683. The molecule has 1 aliphatic rings. The van der Waals surface area contributed by atoms with Crippen molar-refractivity contribution in [2.75, 3.05) is 26.7 Å². The minimum Gasteiger partial charge on any atom is -0.468 e. The summed E-state index contributed by atoms with van der Waals surface area (Å²) in [5.41, 5.74) is 0. The van der Waals surface area contributed by atoms with Gasteiger partial charge in [-0.1, -0.05) is 13.8 Å². The van der Waals surface area contributed by atoms with Gasteiger partial charge in [-0.05, 0) is 44.3 Å². The molecule has 4 heteroatoms. The lowest BCUT2D eigenvalue weighted by atomic mass is 9.96. The number of esters is 1. The number of methoxy groups -OCH3 is 1. The van der Waals surface area contributed by atoms with Crippen molar-refractivity contribution < 1.29 is 9.53 Å². The van der Waals surface area contributed by atoms with Crippen molar-refractivity contribution in [1.29, 1.82) is 0 Å². The predicted octanol–water partition coefficient (Wildman–Crippen LogP) is 0.773. The van der Waals surface area contributed by atoms with E-state index >= 15 is 0 Å². The van der Waals surface area contributed by atoms with E-state index < -0.39 is 0 Å². The minimum absolute atomic E-state index is 0.149. The van der Waals surface area contributed by atoms with E-state index in [-0.39, 0.29) is 17.9 Å². The van der Waals surface area contributed by atoms with Gasteiger partial charge >= 0.3 is 5.97 Å². The molecule has 0 aromatic carbocycles. The topological polar surface area (TPSA) is 50.4 Å². The number of piperidine rings is 1. The second-order valence-corrected chi connectivity index (χ2v) is 4.85. The van der Waals surface area contributed by atoms with Crippen LogP contribution in [0, 0.1) is 11.8 Å². The van der Waals surface area contributed by atoms with Gasteiger partial charge in [0.05, 0.1) is 7.11 Å². The Morgan fingerprint density at radius 3 is 2.56 bits per heavy atom. The fraction of sp³-hybridized carbons (Fsp3) is 0.917. The van der Waals surface area contributed by atoms with Gasteiger partial charge in [-0.25, -0.2) is 0 Å². The first kappa shape index (κ1) is 13.5. The van der Waals surface area contributed by atoms with Crippen molar-refractivity contribution >= 4 is 5.97 Å². The highest BCUT2D eigenvalue weighted by Crippen LogP contribution is 2.11. The van der Waals surface area contributed by atoms with Crippen LogP contribution in [-0.4, -0.2) is 38.8 Å². The van der Waals surface area contributed by atoms with E-state index in [1.165, 1.54) is 20.0 Å². The average molecular weight is 228 g/mol. The number of carbonyl (C=O) groups is 1. The van der Waals surface area contributed by atoms with Gasteiger partial charge in [-0.3, -0.25) is 4.79 Å². The van der Waals surface area contributed by atoms with Gasteiger partial charge in [0.2, 0.25) is 0 Å². The molecule has 0 aromatic heterocycles. The van der Waals surface area contributed by atoms with Gasteiger partial charge in [-0.2, -0.15) is 0 Å². The Kier molecular flexibility index (Phi) is 5.77. The Morgan fingerprint density at radius 2 is 2.06 bits per heavy atom. The molecule has 4 nitrogen and oxygen atoms in total. The lowest BCUT2D eigenvalue weighted by molar-refractivity contribution is -0.144. The number of carbonyl (C=O) groups excluding carboxylic acids is 1. The summed E-state index contributed by atoms with van der Waals surface area (Å²) in [5, 5.41) is 6.68. The van der Waals surface area contributed by atoms with E-state index in [1.807, 2.05) is 13.8 Å². The van der Waals surface area contributed by atoms with E-state index in [9.17, 15) is 4.79 Å². The van der Waals surface area contributed by atoms with E-state index in [4.69, 9.17) is 4.74 Å². The van der Waals surface area contributed by atoms with Crippen molar-refractivity contribution in [2.24, 2.45) is 11.8 Å². The van der Waals surface area contributed by atoms with E-state index in [0.29, 0.717) is 5.92 Å². The van der Waals surface area contributed by atoms with Gasteiger partial charge < -0.3 is 15.4 Å². The molecule has 1 saturated heterocycles. The fourth-order valence-electron chi connectivity index (χ4n) is 2.10. The number of ether oxygens (including phenoxy) is 1. The first-order valence-electron chi connectivity index (χ1n) is 6.17. The highest BCUT2D eigenvalue weighted by Gasteiger charge is 2.23. The molecule has 0 unspecified atom stereocenters. The molecule has 0 saturated carbocycles. The van der Waals surface area contributed by atoms with Crippen molar-refractivity contribution in [3.8, 4) is 0 Å². The van der Waals surface area contributed by atoms with Crippen LogP contribution >= 0.6 is 0 Å². The fourth-order valence-corrected chi connectivity index (χ4v) is 2.10. The van der Waals surface area contributed by atoms with Crippen molar-refractivity contribution in [1.82, 2.24) is 10.6 Å². The maximum atomic E-state index is 11.5. The van der Waals surface area contributed by atoms with Crippen LogP contribution < -0.4 is 10.6 Å². The summed E-state index contributed by atoms with van der Waals surface area (Å²) in [4.78, 5) is 11.5. The number of rotatable bonds is 5. The molecule has 16 heavy (non-hydrogen) atoms. The van der Waals surface area contributed by atoms with Crippen LogP contribution in [0.5, 0.6) is 0 Å². The molecule has 1 heterocycles. The summed E-state index contributed by atoms with van der Waals surface area (Å²) >= 11 is 0. The molecule has 2 N–H and O–H groups in total. The summed E-state index contributed by atoms with van der Waals surface area (Å²) in [6, 6.07) is -0.167. The lowest BCUT2D eigenvalue weighted by Gasteiger charge is -2.26. The molecule has 1 atom stereocenters. The lowest BCUT2D eigenvalue weighted by Crippen LogP contribution is -2.45. The summed E-state index contributed by atoms with van der Waals surface area (Å²) in [5.74, 6) is 0.810. The van der Waals surface area contributed by atoms with E-state index in [1.54, 1.807) is 0 Å². The van der Waals surface area contributed by atoms with Crippen molar-refractivity contribution in [3.05, 3.63) is 0 Å². The van der Waals surface area contributed by atoms with Crippen LogP contribution in [0.25, 0.3) is 0 Å². The molecule has 0 radical (unpaired) electrons. The second-order valence-electron chi connectivity index (χ2n) is 4.85.